The molecule has 0 fully saturated rings. The highest BCUT2D eigenvalue weighted by atomic mass is 31.2. The molecule has 0 aliphatic rings. The molecule has 0 saturated carbocycles. The summed E-state index contributed by atoms with van der Waals surface area (Å²) in [6.45, 7) is 2.23. The number of ether oxygens (including phenoxy) is 2. The predicted octanol–water partition coefficient (Wildman–Crippen LogP) is 0.383. The lowest BCUT2D eigenvalue weighted by Gasteiger charge is -2.10. The number of Topliss-reactive ketones (excluding diaryl/α,β-unsaturated/α-hetero) is 2. The van der Waals surface area contributed by atoms with Gasteiger partial charge in [0.05, 0.1) is 0 Å². The molecule has 0 aromatic heterocycles. The van der Waals surface area contributed by atoms with Gasteiger partial charge in [-0.3, -0.25) is 14.2 Å². The zero-order chi connectivity index (χ0) is 11.9. The lowest BCUT2D eigenvalue weighted by Crippen LogP contribution is -2.10. The number of carbonyl (C=O) groups is 2. The van der Waals surface area contributed by atoms with Crippen LogP contribution >= 0.6 is 7.37 Å². The Kier molecular flexibility index (Phi) is 6.60. The topological polar surface area (TPSA) is 89.9 Å². The molecule has 0 unspecified atom stereocenters. The van der Waals surface area contributed by atoms with Gasteiger partial charge in [-0.2, -0.15) is 0 Å². The molecule has 15 heavy (non-hydrogen) atoms. The Morgan fingerprint density at radius 3 is 1.67 bits per heavy atom. The van der Waals surface area contributed by atoms with Gasteiger partial charge in [0.2, 0.25) is 7.37 Å². The monoisotopic (exact) mass is 238 g/mol. The summed E-state index contributed by atoms with van der Waals surface area (Å²) in [5.41, 5.74) is 0. The Morgan fingerprint density at radius 2 is 1.40 bits per heavy atom. The molecule has 0 aliphatic carbocycles. The summed E-state index contributed by atoms with van der Waals surface area (Å²) in [4.78, 5) is 30.1. The maximum absolute atomic E-state index is 11.3. The van der Waals surface area contributed by atoms with E-state index in [0.29, 0.717) is 0 Å². The molecule has 0 aromatic carbocycles. The molecule has 88 valence electrons. The molecule has 0 heterocycles. The third kappa shape index (κ3) is 9.75. The molecular weight excluding hydrogens is 223 g/mol. The first-order valence-electron chi connectivity index (χ1n) is 4.29. The standard InChI is InChI=1S/C8H15O6P/c1-7(9)3-13-5-15(11,12)6-14-4-8(2)10/h3-6H2,1-2H3,(H,11,12). The van der Waals surface area contributed by atoms with Crippen molar-refractivity contribution in [1.82, 2.24) is 0 Å². The third-order valence-corrected chi connectivity index (χ3v) is 2.37. The minimum absolute atomic E-state index is 0.197. The average Bonchev–Trinajstić information content (AvgIpc) is 2.01. The van der Waals surface area contributed by atoms with E-state index in [0.717, 1.165) is 0 Å². The summed E-state index contributed by atoms with van der Waals surface area (Å²) in [7, 11) is -3.55. The summed E-state index contributed by atoms with van der Waals surface area (Å²) in [5.74, 6) is -0.445. The summed E-state index contributed by atoms with van der Waals surface area (Å²) in [5, 5.41) is 0. The van der Waals surface area contributed by atoms with Gasteiger partial charge in [0.25, 0.3) is 0 Å². The Balaban J connectivity index is 3.72. The molecule has 0 radical (unpaired) electrons. The molecular formula is C8H15O6P. The van der Waals surface area contributed by atoms with Crippen molar-refractivity contribution in [2.75, 3.05) is 25.9 Å². The van der Waals surface area contributed by atoms with Crippen LogP contribution < -0.4 is 0 Å². The third-order valence-electron chi connectivity index (χ3n) is 1.20. The Labute approximate surface area is 88.0 Å². The van der Waals surface area contributed by atoms with E-state index in [1.165, 1.54) is 13.8 Å². The molecule has 0 aromatic rings. The Hall–Kier alpha value is -0.550. The van der Waals surface area contributed by atoms with Crippen LogP contribution in [0.25, 0.3) is 0 Å². The van der Waals surface area contributed by atoms with Crippen LogP contribution in [0, 0.1) is 0 Å². The van der Waals surface area contributed by atoms with Gasteiger partial charge in [0.1, 0.15) is 25.9 Å². The molecule has 1 N–H and O–H groups in total. The molecule has 0 atom stereocenters. The van der Waals surface area contributed by atoms with Crippen LogP contribution in [0.15, 0.2) is 0 Å². The minimum Gasteiger partial charge on any atom is -0.364 e. The zero-order valence-corrected chi connectivity index (χ0v) is 9.66. The molecule has 0 saturated heterocycles. The normalized spacial score (nSPS) is 11.4. The summed E-state index contributed by atoms with van der Waals surface area (Å²) >= 11 is 0. The van der Waals surface area contributed by atoms with Crippen molar-refractivity contribution in [3.05, 3.63) is 0 Å². The molecule has 0 amide bonds. The maximum Gasteiger partial charge on any atom is 0.250 e. The highest BCUT2D eigenvalue weighted by Crippen LogP contribution is 2.39. The lowest BCUT2D eigenvalue weighted by atomic mass is 10.5. The van der Waals surface area contributed by atoms with Crippen LogP contribution in [-0.2, 0) is 23.6 Å². The van der Waals surface area contributed by atoms with Gasteiger partial charge >= 0.3 is 0 Å². The molecule has 7 heteroatoms. The van der Waals surface area contributed by atoms with Gasteiger partial charge < -0.3 is 14.4 Å². The van der Waals surface area contributed by atoms with Gasteiger partial charge in [0, 0.05) is 0 Å². The average molecular weight is 238 g/mol. The van der Waals surface area contributed by atoms with Crippen LogP contribution in [0.5, 0.6) is 0 Å². The van der Waals surface area contributed by atoms with Gasteiger partial charge in [-0.05, 0) is 13.8 Å². The van der Waals surface area contributed by atoms with E-state index in [4.69, 9.17) is 0 Å². The van der Waals surface area contributed by atoms with Crippen molar-refractivity contribution in [2.24, 2.45) is 0 Å². The van der Waals surface area contributed by atoms with Crippen molar-refractivity contribution in [3.8, 4) is 0 Å². The van der Waals surface area contributed by atoms with E-state index >= 15 is 0 Å². The molecule has 0 aliphatic heterocycles. The van der Waals surface area contributed by atoms with Gasteiger partial charge in [0.15, 0.2) is 11.6 Å². The molecule has 0 bridgehead atoms. The second-order valence-corrected chi connectivity index (χ2v) is 5.41. The lowest BCUT2D eigenvalue weighted by molar-refractivity contribution is -0.121. The molecule has 6 nitrogen and oxygen atoms in total. The Morgan fingerprint density at radius 1 is 1.07 bits per heavy atom. The van der Waals surface area contributed by atoms with Crippen molar-refractivity contribution in [1.29, 1.82) is 0 Å². The molecule has 0 rings (SSSR count). The second-order valence-electron chi connectivity index (χ2n) is 3.21. The quantitative estimate of drug-likeness (QED) is 0.615. The van der Waals surface area contributed by atoms with Crippen molar-refractivity contribution < 1.29 is 28.5 Å². The van der Waals surface area contributed by atoms with E-state index in [9.17, 15) is 19.0 Å². The first kappa shape index (κ1) is 14.5. The highest BCUT2D eigenvalue weighted by molar-refractivity contribution is 7.57. The van der Waals surface area contributed by atoms with Crippen molar-refractivity contribution in [2.45, 2.75) is 13.8 Å². The Bertz CT molecular complexity index is 250. The first-order valence-corrected chi connectivity index (χ1v) is 6.32. The summed E-state index contributed by atoms with van der Waals surface area (Å²) < 4.78 is 20.6. The number of rotatable bonds is 8. The fourth-order valence-electron chi connectivity index (χ4n) is 0.701. The van der Waals surface area contributed by atoms with Crippen LogP contribution in [0.4, 0.5) is 0 Å². The van der Waals surface area contributed by atoms with Crippen molar-refractivity contribution >= 4 is 18.9 Å². The van der Waals surface area contributed by atoms with Crippen LogP contribution in [0.2, 0.25) is 0 Å². The van der Waals surface area contributed by atoms with E-state index in [-0.39, 0.29) is 24.8 Å². The predicted molar refractivity (Wildman–Crippen MR) is 52.8 cm³/mol. The van der Waals surface area contributed by atoms with E-state index in [1.54, 1.807) is 0 Å². The van der Waals surface area contributed by atoms with E-state index in [2.05, 4.69) is 9.47 Å². The maximum atomic E-state index is 11.3. The highest BCUT2D eigenvalue weighted by Gasteiger charge is 2.19. The fraction of sp³-hybridized carbons (Fsp3) is 0.750. The number of ketones is 2. The minimum atomic E-state index is -3.55. The number of carbonyl (C=O) groups excluding carboxylic acids is 2. The zero-order valence-electron chi connectivity index (χ0n) is 8.76. The van der Waals surface area contributed by atoms with Crippen LogP contribution in [-0.4, -0.2) is 42.4 Å². The van der Waals surface area contributed by atoms with Gasteiger partial charge in [-0.25, -0.2) is 0 Å². The van der Waals surface area contributed by atoms with Gasteiger partial charge in [-0.15, -0.1) is 0 Å². The second kappa shape index (κ2) is 6.85. The number of hydrogen-bond donors (Lipinski definition) is 1. The summed E-state index contributed by atoms with van der Waals surface area (Å²) in [6.07, 6.45) is -0.880. The first-order chi connectivity index (χ1) is 6.83. The van der Waals surface area contributed by atoms with Crippen LogP contribution in [0.3, 0.4) is 0 Å². The van der Waals surface area contributed by atoms with Crippen molar-refractivity contribution in [3.63, 3.8) is 0 Å². The largest absolute Gasteiger partial charge is 0.364 e. The number of hydrogen-bond acceptors (Lipinski definition) is 5. The van der Waals surface area contributed by atoms with E-state index in [1.807, 2.05) is 0 Å². The fourth-order valence-corrected chi connectivity index (χ4v) is 1.53. The smallest absolute Gasteiger partial charge is 0.250 e. The van der Waals surface area contributed by atoms with Gasteiger partial charge in [-0.1, -0.05) is 0 Å². The van der Waals surface area contributed by atoms with Crippen LogP contribution in [0.1, 0.15) is 13.8 Å². The summed E-state index contributed by atoms with van der Waals surface area (Å²) in [6, 6.07) is 0. The SMILES string of the molecule is CC(=O)COCP(=O)(O)COCC(C)=O. The van der Waals surface area contributed by atoms with E-state index < -0.39 is 20.1 Å². The molecule has 0 spiro atoms.